The van der Waals surface area contributed by atoms with E-state index in [1.807, 2.05) is 0 Å². The van der Waals surface area contributed by atoms with E-state index in [1.165, 1.54) is 6.26 Å². The average molecular weight is 251 g/mol. The lowest BCUT2D eigenvalue weighted by atomic mass is 10.1. The standard InChI is InChI=1S/C12H17N3O3/c16-12(15-4-6-17-7-5-15)9-8-18-14-11(9)10-2-1-3-13-10/h8,10,13H,1-7H2. The topological polar surface area (TPSA) is 67.6 Å². The molecule has 2 aliphatic heterocycles. The molecule has 2 fully saturated rings. The highest BCUT2D eigenvalue weighted by molar-refractivity contribution is 5.95. The lowest BCUT2D eigenvalue weighted by molar-refractivity contribution is 0.0301. The summed E-state index contributed by atoms with van der Waals surface area (Å²) in [5.41, 5.74) is 1.35. The number of carbonyl (C=O) groups excluding carboxylic acids is 1. The Morgan fingerprint density at radius 1 is 1.44 bits per heavy atom. The van der Waals surface area contributed by atoms with E-state index in [0.29, 0.717) is 31.9 Å². The van der Waals surface area contributed by atoms with Crippen LogP contribution in [0.1, 0.15) is 34.9 Å². The monoisotopic (exact) mass is 251 g/mol. The summed E-state index contributed by atoms with van der Waals surface area (Å²) in [6.45, 7) is 3.47. The fourth-order valence-electron chi connectivity index (χ4n) is 2.51. The molecule has 98 valence electrons. The van der Waals surface area contributed by atoms with Crippen LogP contribution in [0.5, 0.6) is 0 Å². The first-order valence-corrected chi connectivity index (χ1v) is 6.41. The molecule has 1 aromatic heterocycles. The summed E-state index contributed by atoms with van der Waals surface area (Å²) in [6.07, 6.45) is 3.59. The second-order valence-corrected chi connectivity index (χ2v) is 4.67. The molecule has 18 heavy (non-hydrogen) atoms. The van der Waals surface area contributed by atoms with Crippen LogP contribution in [0, 0.1) is 0 Å². The number of hydrogen-bond donors (Lipinski definition) is 1. The Labute approximate surface area is 105 Å². The zero-order valence-corrected chi connectivity index (χ0v) is 10.2. The zero-order valence-electron chi connectivity index (χ0n) is 10.2. The minimum Gasteiger partial charge on any atom is -0.378 e. The van der Waals surface area contributed by atoms with Crippen molar-refractivity contribution in [1.82, 2.24) is 15.4 Å². The summed E-state index contributed by atoms with van der Waals surface area (Å²) in [5, 5.41) is 7.34. The first-order chi connectivity index (χ1) is 8.86. The molecule has 6 heteroatoms. The number of carbonyl (C=O) groups is 1. The Hall–Kier alpha value is -1.40. The SMILES string of the molecule is O=C(c1conc1C1CCCN1)N1CCOCC1. The van der Waals surface area contributed by atoms with Gasteiger partial charge in [0.1, 0.15) is 17.5 Å². The van der Waals surface area contributed by atoms with Crippen LogP contribution in [0.25, 0.3) is 0 Å². The van der Waals surface area contributed by atoms with E-state index in [0.717, 1.165) is 25.1 Å². The second kappa shape index (κ2) is 5.07. The van der Waals surface area contributed by atoms with Gasteiger partial charge in [-0.2, -0.15) is 0 Å². The fourth-order valence-corrected chi connectivity index (χ4v) is 2.51. The minimum absolute atomic E-state index is 0.00301. The molecule has 1 N–H and O–H groups in total. The van der Waals surface area contributed by atoms with Gasteiger partial charge in [0.2, 0.25) is 0 Å². The van der Waals surface area contributed by atoms with Crippen LogP contribution >= 0.6 is 0 Å². The average Bonchev–Trinajstić information content (AvgIpc) is 3.09. The van der Waals surface area contributed by atoms with Crippen molar-refractivity contribution in [1.29, 1.82) is 0 Å². The van der Waals surface area contributed by atoms with Crippen LogP contribution in [-0.2, 0) is 4.74 Å². The van der Waals surface area contributed by atoms with E-state index < -0.39 is 0 Å². The van der Waals surface area contributed by atoms with Gasteiger partial charge < -0.3 is 19.5 Å². The van der Waals surface area contributed by atoms with E-state index in [2.05, 4.69) is 10.5 Å². The molecule has 0 spiro atoms. The summed E-state index contributed by atoms with van der Waals surface area (Å²) in [5.74, 6) is 0.00301. The van der Waals surface area contributed by atoms with Crippen LogP contribution in [-0.4, -0.2) is 48.8 Å². The third-order valence-corrected chi connectivity index (χ3v) is 3.52. The van der Waals surface area contributed by atoms with Crippen LogP contribution in [0.3, 0.4) is 0 Å². The molecule has 0 saturated carbocycles. The van der Waals surface area contributed by atoms with Crippen molar-refractivity contribution in [2.45, 2.75) is 18.9 Å². The summed E-state index contributed by atoms with van der Waals surface area (Å²) < 4.78 is 10.3. The second-order valence-electron chi connectivity index (χ2n) is 4.67. The predicted molar refractivity (Wildman–Crippen MR) is 63.2 cm³/mol. The van der Waals surface area contributed by atoms with Crippen molar-refractivity contribution < 1.29 is 14.1 Å². The highest BCUT2D eigenvalue weighted by Crippen LogP contribution is 2.25. The number of rotatable bonds is 2. The van der Waals surface area contributed by atoms with Gasteiger partial charge in [-0.3, -0.25) is 4.79 Å². The highest BCUT2D eigenvalue weighted by atomic mass is 16.5. The van der Waals surface area contributed by atoms with Crippen molar-refractivity contribution >= 4 is 5.91 Å². The third-order valence-electron chi connectivity index (χ3n) is 3.52. The number of nitrogens with zero attached hydrogens (tertiary/aromatic N) is 2. The van der Waals surface area contributed by atoms with Gasteiger partial charge in [0.15, 0.2) is 0 Å². The van der Waals surface area contributed by atoms with Gasteiger partial charge in [-0.25, -0.2) is 0 Å². The molecule has 0 aliphatic carbocycles. The molecule has 0 bridgehead atoms. The minimum atomic E-state index is 0.00301. The summed E-state index contributed by atoms with van der Waals surface area (Å²) in [4.78, 5) is 14.2. The molecule has 2 saturated heterocycles. The number of amides is 1. The lowest BCUT2D eigenvalue weighted by Gasteiger charge is -2.26. The highest BCUT2D eigenvalue weighted by Gasteiger charge is 2.29. The molecule has 1 amide bonds. The molecule has 1 unspecified atom stereocenters. The molecule has 1 atom stereocenters. The molecule has 6 nitrogen and oxygen atoms in total. The van der Waals surface area contributed by atoms with Crippen LogP contribution in [0.15, 0.2) is 10.8 Å². The van der Waals surface area contributed by atoms with Crippen LogP contribution < -0.4 is 5.32 Å². The summed E-state index contributed by atoms with van der Waals surface area (Å²) in [6, 6.07) is 0.156. The van der Waals surface area contributed by atoms with E-state index in [9.17, 15) is 4.79 Å². The maximum absolute atomic E-state index is 12.4. The molecule has 0 radical (unpaired) electrons. The van der Waals surface area contributed by atoms with Gasteiger partial charge in [0.25, 0.3) is 5.91 Å². The van der Waals surface area contributed by atoms with Gasteiger partial charge >= 0.3 is 0 Å². The molecule has 2 aliphatic rings. The lowest BCUT2D eigenvalue weighted by Crippen LogP contribution is -2.41. The normalized spacial score (nSPS) is 24.4. The number of ether oxygens (including phenoxy) is 1. The molecule has 3 heterocycles. The van der Waals surface area contributed by atoms with E-state index in [-0.39, 0.29) is 11.9 Å². The van der Waals surface area contributed by atoms with Crippen LogP contribution in [0.2, 0.25) is 0 Å². The molecular formula is C12H17N3O3. The van der Waals surface area contributed by atoms with E-state index >= 15 is 0 Å². The Morgan fingerprint density at radius 2 is 2.28 bits per heavy atom. The van der Waals surface area contributed by atoms with Gasteiger partial charge in [-0.1, -0.05) is 5.16 Å². The predicted octanol–water partition coefficient (Wildman–Crippen LogP) is 0.571. The number of hydrogen-bond acceptors (Lipinski definition) is 5. The number of morpholine rings is 1. The number of aromatic nitrogens is 1. The van der Waals surface area contributed by atoms with E-state index in [1.54, 1.807) is 4.90 Å². The fraction of sp³-hybridized carbons (Fsp3) is 0.667. The van der Waals surface area contributed by atoms with Crippen molar-refractivity contribution in [3.63, 3.8) is 0 Å². The Balaban J connectivity index is 1.78. The third kappa shape index (κ3) is 2.13. The molecule has 3 rings (SSSR count). The van der Waals surface area contributed by atoms with Gasteiger partial charge in [-0.05, 0) is 19.4 Å². The molecule has 0 aromatic carbocycles. The van der Waals surface area contributed by atoms with Crippen molar-refractivity contribution in [3.05, 3.63) is 17.5 Å². The smallest absolute Gasteiger partial charge is 0.259 e. The Morgan fingerprint density at radius 3 is 3.00 bits per heavy atom. The summed E-state index contributed by atoms with van der Waals surface area (Å²) in [7, 11) is 0. The van der Waals surface area contributed by atoms with Crippen molar-refractivity contribution in [2.75, 3.05) is 32.8 Å². The largest absolute Gasteiger partial charge is 0.378 e. The Kier molecular flexibility index (Phi) is 3.29. The zero-order chi connectivity index (χ0) is 12.4. The van der Waals surface area contributed by atoms with Gasteiger partial charge in [-0.15, -0.1) is 0 Å². The van der Waals surface area contributed by atoms with Gasteiger partial charge in [0, 0.05) is 13.1 Å². The molecule has 1 aromatic rings. The maximum Gasteiger partial charge on any atom is 0.259 e. The van der Waals surface area contributed by atoms with Crippen molar-refractivity contribution in [3.8, 4) is 0 Å². The maximum atomic E-state index is 12.4. The van der Waals surface area contributed by atoms with Crippen molar-refractivity contribution in [2.24, 2.45) is 0 Å². The summed E-state index contributed by atoms with van der Waals surface area (Å²) >= 11 is 0. The first kappa shape index (κ1) is 11.7. The molecular weight excluding hydrogens is 234 g/mol. The van der Waals surface area contributed by atoms with Crippen LogP contribution in [0.4, 0.5) is 0 Å². The first-order valence-electron chi connectivity index (χ1n) is 6.41. The van der Waals surface area contributed by atoms with Gasteiger partial charge in [0.05, 0.1) is 19.3 Å². The van der Waals surface area contributed by atoms with E-state index in [4.69, 9.17) is 9.26 Å². The number of nitrogens with one attached hydrogen (secondary N) is 1. The Bertz CT molecular complexity index is 420. The quantitative estimate of drug-likeness (QED) is 0.832.